The fourth-order valence-electron chi connectivity index (χ4n) is 1.32. The third kappa shape index (κ3) is 3.66. The lowest BCUT2D eigenvalue weighted by atomic mass is 10.1. The van der Waals surface area contributed by atoms with Gasteiger partial charge in [0.25, 0.3) is 5.69 Å². The number of ether oxygens (including phenoxy) is 1. The van der Waals surface area contributed by atoms with Gasteiger partial charge in [-0.05, 0) is 5.92 Å². The van der Waals surface area contributed by atoms with Crippen LogP contribution in [0.4, 0.5) is 5.69 Å². The smallest absolute Gasteiger partial charge is 0.291 e. The molecule has 0 aliphatic carbocycles. The van der Waals surface area contributed by atoms with E-state index in [-0.39, 0.29) is 10.5 Å². The molecule has 0 aliphatic heterocycles. The molecule has 0 spiro atoms. The van der Waals surface area contributed by atoms with Crippen LogP contribution in [0.5, 0.6) is 5.88 Å². The van der Waals surface area contributed by atoms with E-state index in [1.54, 1.807) is 0 Å². The fraction of sp³-hybridized carbons (Fsp3) is 0.545. The monoisotopic (exact) mass is 302 g/mol. The molecule has 1 heterocycles. The van der Waals surface area contributed by atoms with Crippen molar-refractivity contribution >= 4 is 21.6 Å². The van der Waals surface area contributed by atoms with E-state index in [0.717, 1.165) is 0 Å². The molecule has 94 valence electrons. The van der Waals surface area contributed by atoms with Crippen LogP contribution in [0.15, 0.2) is 12.1 Å². The van der Waals surface area contributed by atoms with Crippen molar-refractivity contribution in [2.24, 2.45) is 5.92 Å². The van der Waals surface area contributed by atoms with Crippen LogP contribution in [-0.2, 0) is 6.42 Å². The number of aromatic nitrogens is 1. The predicted molar refractivity (Wildman–Crippen MR) is 68.7 cm³/mol. The summed E-state index contributed by atoms with van der Waals surface area (Å²) in [5.41, 5.74) is 0.487. The average molecular weight is 303 g/mol. The molecule has 0 saturated heterocycles. The fourth-order valence-corrected chi connectivity index (χ4v) is 1.63. The standard InChI is InChI=1S/C11H15BrN2O3/c1-7(2)8(12)6-9-10(14(15)16)4-5-11(13-9)17-3/h4-5,7-8H,6H2,1-3H3. The van der Waals surface area contributed by atoms with Crippen LogP contribution in [-0.4, -0.2) is 21.8 Å². The Morgan fingerprint density at radius 1 is 1.53 bits per heavy atom. The third-order valence-corrected chi connectivity index (χ3v) is 3.82. The van der Waals surface area contributed by atoms with Gasteiger partial charge in [-0.15, -0.1) is 0 Å². The summed E-state index contributed by atoms with van der Waals surface area (Å²) in [4.78, 5) is 14.8. The molecule has 1 aromatic heterocycles. The summed E-state index contributed by atoms with van der Waals surface area (Å²) in [6.07, 6.45) is 0.505. The van der Waals surface area contributed by atoms with Crippen LogP contribution < -0.4 is 4.74 Å². The summed E-state index contributed by atoms with van der Waals surface area (Å²) in [5.74, 6) is 0.775. The van der Waals surface area contributed by atoms with E-state index >= 15 is 0 Å². The number of hydrogen-bond acceptors (Lipinski definition) is 4. The Kier molecular flexibility index (Phi) is 4.86. The number of nitrogens with zero attached hydrogens (tertiary/aromatic N) is 2. The summed E-state index contributed by atoms with van der Waals surface area (Å²) < 4.78 is 4.98. The second kappa shape index (κ2) is 5.95. The van der Waals surface area contributed by atoms with Crippen LogP contribution in [0.2, 0.25) is 0 Å². The van der Waals surface area contributed by atoms with E-state index in [1.165, 1.54) is 19.2 Å². The Labute approximate surface area is 108 Å². The average Bonchev–Trinajstić information content (AvgIpc) is 2.28. The summed E-state index contributed by atoms with van der Waals surface area (Å²) in [6.45, 7) is 4.09. The molecule has 1 unspecified atom stereocenters. The van der Waals surface area contributed by atoms with E-state index in [0.29, 0.717) is 23.9 Å². The maximum atomic E-state index is 10.9. The molecule has 0 amide bonds. The maximum Gasteiger partial charge on any atom is 0.291 e. The Bertz CT molecular complexity index is 410. The number of pyridine rings is 1. The van der Waals surface area contributed by atoms with E-state index < -0.39 is 4.92 Å². The zero-order valence-corrected chi connectivity index (χ0v) is 11.6. The Balaban J connectivity index is 3.05. The van der Waals surface area contributed by atoms with Crippen LogP contribution in [0.1, 0.15) is 19.5 Å². The molecule has 1 rings (SSSR count). The molecule has 0 aromatic carbocycles. The minimum absolute atomic E-state index is 0.0379. The summed E-state index contributed by atoms with van der Waals surface area (Å²) in [6, 6.07) is 2.93. The lowest BCUT2D eigenvalue weighted by Gasteiger charge is -2.13. The minimum Gasteiger partial charge on any atom is -0.481 e. The first-order chi connectivity index (χ1) is 7.95. The topological polar surface area (TPSA) is 65.3 Å². The van der Waals surface area contributed by atoms with Gasteiger partial charge >= 0.3 is 0 Å². The molecule has 0 aliphatic rings. The zero-order chi connectivity index (χ0) is 13.0. The van der Waals surface area contributed by atoms with Crippen molar-refractivity contribution in [3.8, 4) is 5.88 Å². The molecular weight excluding hydrogens is 288 g/mol. The van der Waals surface area contributed by atoms with Gasteiger partial charge in [-0.25, -0.2) is 4.98 Å². The van der Waals surface area contributed by atoms with Crippen molar-refractivity contribution < 1.29 is 9.66 Å². The van der Waals surface area contributed by atoms with E-state index in [2.05, 4.69) is 20.9 Å². The number of halogens is 1. The Morgan fingerprint density at radius 3 is 2.65 bits per heavy atom. The highest BCUT2D eigenvalue weighted by atomic mass is 79.9. The quantitative estimate of drug-likeness (QED) is 0.476. The number of nitro groups is 1. The van der Waals surface area contributed by atoms with E-state index in [1.807, 2.05) is 13.8 Å². The Hall–Kier alpha value is -1.17. The largest absolute Gasteiger partial charge is 0.481 e. The number of alkyl halides is 1. The molecule has 5 nitrogen and oxygen atoms in total. The molecule has 0 radical (unpaired) electrons. The first-order valence-corrected chi connectivity index (χ1v) is 6.19. The van der Waals surface area contributed by atoms with Crippen LogP contribution >= 0.6 is 15.9 Å². The number of hydrogen-bond donors (Lipinski definition) is 0. The zero-order valence-electron chi connectivity index (χ0n) is 10.0. The van der Waals surface area contributed by atoms with Gasteiger partial charge in [0.2, 0.25) is 5.88 Å². The number of methoxy groups -OCH3 is 1. The van der Waals surface area contributed by atoms with Crippen molar-refractivity contribution in [2.45, 2.75) is 25.1 Å². The van der Waals surface area contributed by atoms with Gasteiger partial charge in [0, 0.05) is 23.4 Å². The lowest BCUT2D eigenvalue weighted by Crippen LogP contribution is -2.13. The SMILES string of the molecule is COc1ccc([N+](=O)[O-])c(CC(Br)C(C)C)n1. The molecule has 1 aromatic rings. The van der Waals surface area contributed by atoms with Gasteiger partial charge in [-0.3, -0.25) is 10.1 Å². The van der Waals surface area contributed by atoms with Crippen LogP contribution in [0.25, 0.3) is 0 Å². The van der Waals surface area contributed by atoms with Gasteiger partial charge in [0.1, 0.15) is 5.69 Å². The maximum absolute atomic E-state index is 10.9. The highest BCUT2D eigenvalue weighted by molar-refractivity contribution is 9.09. The van der Waals surface area contributed by atoms with Gasteiger partial charge in [-0.1, -0.05) is 29.8 Å². The van der Waals surface area contributed by atoms with Crippen molar-refractivity contribution in [1.29, 1.82) is 0 Å². The second-order valence-corrected chi connectivity index (χ2v) is 5.22. The van der Waals surface area contributed by atoms with Crippen LogP contribution in [0, 0.1) is 16.0 Å². The third-order valence-electron chi connectivity index (χ3n) is 2.44. The van der Waals surface area contributed by atoms with Crippen molar-refractivity contribution in [3.63, 3.8) is 0 Å². The first kappa shape index (κ1) is 13.9. The molecule has 0 fully saturated rings. The van der Waals surface area contributed by atoms with Crippen molar-refractivity contribution in [3.05, 3.63) is 27.9 Å². The molecule has 1 atom stereocenters. The Morgan fingerprint density at radius 2 is 2.18 bits per heavy atom. The normalized spacial score (nSPS) is 12.5. The molecule has 0 N–H and O–H groups in total. The highest BCUT2D eigenvalue weighted by Crippen LogP contribution is 2.25. The molecular formula is C11H15BrN2O3. The number of rotatable bonds is 5. The van der Waals surface area contributed by atoms with Gasteiger partial charge in [0.15, 0.2) is 0 Å². The molecule has 0 bridgehead atoms. The highest BCUT2D eigenvalue weighted by Gasteiger charge is 2.20. The van der Waals surface area contributed by atoms with Crippen molar-refractivity contribution in [1.82, 2.24) is 4.98 Å². The summed E-state index contributed by atoms with van der Waals surface area (Å²) >= 11 is 3.51. The van der Waals surface area contributed by atoms with E-state index in [4.69, 9.17) is 4.74 Å². The predicted octanol–water partition coefficient (Wildman–Crippen LogP) is 2.96. The first-order valence-electron chi connectivity index (χ1n) is 5.28. The molecule has 17 heavy (non-hydrogen) atoms. The summed E-state index contributed by atoms with van der Waals surface area (Å²) in [5, 5.41) is 10.9. The minimum atomic E-state index is -0.415. The van der Waals surface area contributed by atoms with Crippen molar-refractivity contribution in [2.75, 3.05) is 7.11 Å². The van der Waals surface area contributed by atoms with Gasteiger partial charge in [0.05, 0.1) is 12.0 Å². The second-order valence-electron chi connectivity index (χ2n) is 4.04. The van der Waals surface area contributed by atoms with Gasteiger partial charge in [-0.2, -0.15) is 0 Å². The summed E-state index contributed by atoms with van der Waals surface area (Å²) in [7, 11) is 1.49. The molecule has 0 saturated carbocycles. The van der Waals surface area contributed by atoms with Crippen LogP contribution in [0.3, 0.4) is 0 Å². The van der Waals surface area contributed by atoms with Gasteiger partial charge < -0.3 is 4.74 Å². The molecule has 6 heteroatoms. The van der Waals surface area contributed by atoms with E-state index in [9.17, 15) is 10.1 Å². The lowest BCUT2D eigenvalue weighted by molar-refractivity contribution is -0.386.